The fourth-order valence-corrected chi connectivity index (χ4v) is 3.42. The van der Waals surface area contributed by atoms with Crippen LogP contribution in [0.25, 0.3) is 5.57 Å². The fourth-order valence-electron chi connectivity index (χ4n) is 3.42. The first-order valence-electron chi connectivity index (χ1n) is 8.50. The molecule has 4 rings (SSSR count). The fraction of sp³-hybridized carbons (Fsp3) is 0.0952. The quantitative estimate of drug-likeness (QED) is 0.231. The number of nitrogens with zero attached hydrogens (tertiary/aromatic N) is 1. The van der Waals surface area contributed by atoms with E-state index in [0.717, 1.165) is 0 Å². The summed E-state index contributed by atoms with van der Waals surface area (Å²) >= 11 is 0. The number of esters is 1. The van der Waals surface area contributed by atoms with Crippen LogP contribution >= 0.6 is 0 Å². The zero-order valence-corrected chi connectivity index (χ0v) is 14.9. The smallest absolute Gasteiger partial charge is 0.344 e. The molecule has 2 aromatic carbocycles. The van der Waals surface area contributed by atoms with Crippen LogP contribution in [-0.4, -0.2) is 13.0 Å². The maximum absolute atomic E-state index is 14.0. The minimum Gasteiger partial charge on any atom is -0.416 e. The number of benzene rings is 2. The predicted octanol–water partition coefficient (Wildman–Crippen LogP) is 5.03. The number of rotatable bonds is 2. The third kappa shape index (κ3) is 2.83. The molecule has 0 atom stereocenters. The number of anilines is 1. The van der Waals surface area contributed by atoms with Gasteiger partial charge in [-0.1, -0.05) is 30.4 Å². The Balaban J connectivity index is 1.86. The van der Waals surface area contributed by atoms with Gasteiger partial charge in [0.2, 0.25) is 34.8 Å². The molecule has 0 amide bonds. The van der Waals surface area contributed by atoms with E-state index >= 15 is 0 Å². The van der Waals surface area contributed by atoms with E-state index < -0.39 is 40.8 Å². The third-order valence-electron chi connectivity index (χ3n) is 4.79. The van der Waals surface area contributed by atoms with Crippen LogP contribution in [0.5, 0.6) is 5.75 Å². The molecule has 1 heterocycles. The first-order chi connectivity index (χ1) is 13.8. The Hall–Kier alpha value is -3.42. The summed E-state index contributed by atoms with van der Waals surface area (Å²) < 4.78 is 72.8. The molecule has 0 bridgehead atoms. The van der Waals surface area contributed by atoms with Crippen LogP contribution in [0.2, 0.25) is 0 Å². The van der Waals surface area contributed by atoms with Crippen molar-refractivity contribution in [2.24, 2.45) is 0 Å². The van der Waals surface area contributed by atoms with Crippen molar-refractivity contribution < 1.29 is 31.5 Å². The van der Waals surface area contributed by atoms with Crippen LogP contribution in [0.4, 0.5) is 27.6 Å². The van der Waals surface area contributed by atoms with Crippen LogP contribution < -0.4 is 9.64 Å². The Labute approximate surface area is 162 Å². The zero-order chi connectivity index (χ0) is 20.9. The van der Waals surface area contributed by atoms with Gasteiger partial charge < -0.3 is 9.64 Å². The van der Waals surface area contributed by atoms with E-state index in [1.54, 1.807) is 49.5 Å². The average molecular weight is 405 g/mol. The maximum Gasteiger partial charge on any atom is 0.344 e. The lowest BCUT2D eigenvalue weighted by atomic mass is 9.87. The second-order valence-electron chi connectivity index (χ2n) is 6.40. The van der Waals surface area contributed by atoms with Gasteiger partial charge in [0.05, 0.1) is 5.57 Å². The molecule has 3 nitrogen and oxygen atoms in total. The Kier molecular flexibility index (Phi) is 4.49. The monoisotopic (exact) mass is 405 g/mol. The van der Waals surface area contributed by atoms with Gasteiger partial charge >= 0.3 is 5.97 Å². The number of carbonyl (C=O) groups excluding carboxylic acids is 1. The van der Waals surface area contributed by atoms with Gasteiger partial charge in [0, 0.05) is 24.0 Å². The van der Waals surface area contributed by atoms with Crippen LogP contribution in [0.15, 0.2) is 53.8 Å². The average Bonchev–Trinajstić information content (AvgIpc) is 2.74. The lowest BCUT2D eigenvalue weighted by Crippen LogP contribution is -2.28. The summed E-state index contributed by atoms with van der Waals surface area (Å²) in [5, 5.41) is 0. The van der Waals surface area contributed by atoms with Gasteiger partial charge in [-0.15, -0.1) is 0 Å². The van der Waals surface area contributed by atoms with Gasteiger partial charge in [0.1, 0.15) is 0 Å². The highest BCUT2D eigenvalue weighted by atomic mass is 19.2. The van der Waals surface area contributed by atoms with Crippen molar-refractivity contribution in [2.45, 2.75) is 6.42 Å². The molecule has 2 aliphatic rings. The van der Waals surface area contributed by atoms with Crippen LogP contribution in [0, 0.1) is 29.1 Å². The number of hydrogen-bond acceptors (Lipinski definition) is 3. The summed E-state index contributed by atoms with van der Waals surface area (Å²) in [6.45, 7) is 0. The van der Waals surface area contributed by atoms with E-state index in [1.807, 2.05) is 4.90 Å². The zero-order valence-electron chi connectivity index (χ0n) is 14.9. The summed E-state index contributed by atoms with van der Waals surface area (Å²) in [6, 6.07) is 6.75. The van der Waals surface area contributed by atoms with Gasteiger partial charge in [0.15, 0.2) is 0 Å². The Bertz CT molecular complexity index is 1120. The molecule has 0 saturated carbocycles. The van der Waals surface area contributed by atoms with Gasteiger partial charge in [-0.25, -0.2) is 18.0 Å². The molecular formula is C21H12F5NO2. The lowest BCUT2D eigenvalue weighted by molar-refractivity contribution is -0.128. The van der Waals surface area contributed by atoms with E-state index in [2.05, 4.69) is 0 Å². The SMILES string of the molecule is CN1C2=CC=CCC2=C(C(=O)Oc2c(F)c(F)c(F)c(F)c2F)c2ccccc21. The normalized spacial score (nSPS) is 15.1. The molecule has 148 valence electrons. The second kappa shape index (κ2) is 6.88. The standard InChI is InChI=1S/C21H12F5NO2/c1-27-12-8-4-2-6-10(12)14(11-7-3-5-9-13(11)27)21(28)29-20-18(25)16(23)15(22)17(24)19(20)26/h2-6,8-9H,7H2,1H3. The van der Waals surface area contributed by atoms with E-state index in [-0.39, 0.29) is 5.57 Å². The molecular weight excluding hydrogens is 393 g/mol. The number of para-hydroxylation sites is 1. The number of carbonyl (C=O) groups is 1. The first-order valence-corrected chi connectivity index (χ1v) is 8.50. The summed E-state index contributed by atoms with van der Waals surface area (Å²) in [7, 11) is 1.79. The van der Waals surface area contributed by atoms with E-state index in [4.69, 9.17) is 4.74 Å². The Morgan fingerprint density at radius 3 is 2.28 bits per heavy atom. The Morgan fingerprint density at radius 2 is 1.59 bits per heavy atom. The van der Waals surface area contributed by atoms with Crippen molar-refractivity contribution in [1.29, 1.82) is 0 Å². The van der Waals surface area contributed by atoms with E-state index in [0.29, 0.717) is 28.9 Å². The second-order valence-corrected chi connectivity index (χ2v) is 6.40. The molecule has 0 aromatic heterocycles. The first kappa shape index (κ1) is 18.9. The van der Waals surface area contributed by atoms with Gasteiger partial charge in [-0.2, -0.15) is 8.78 Å². The van der Waals surface area contributed by atoms with Crippen LogP contribution in [0.1, 0.15) is 12.0 Å². The number of hydrogen-bond donors (Lipinski definition) is 0. The molecule has 0 saturated heterocycles. The highest BCUT2D eigenvalue weighted by molar-refractivity contribution is 6.22. The van der Waals surface area contributed by atoms with Crippen molar-refractivity contribution in [3.05, 3.63) is 88.4 Å². The van der Waals surface area contributed by atoms with Crippen LogP contribution in [-0.2, 0) is 4.79 Å². The minimum atomic E-state index is -2.32. The van der Waals surface area contributed by atoms with E-state index in [1.165, 1.54) is 0 Å². The molecule has 1 aliphatic carbocycles. The number of allylic oxidation sites excluding steroid dienone is 4. The van der Waals surface area contributed by atoms with E-state index in [9.17, 15) is 26.7 Å². The molecule has 0 fully saturated rings. The van der Waals surface area contributed by atoms with Crippen LogP contribution in [0.3, 0.4) is 0 Å². The number of ether oxygens (including phenoxy) is 1. The van der Waals surface area contributed by atoms with Crippen molar-refractivity contribution in [3.63, 3.8) is 0 Å². The van der Waals surface area contributed by atoms with Gasteiger partial charge in [-0.3, -0.25) is 0 Å². The van der Waals surface area contributed by atoms with Crippen molar-refractivity contribution >= 4 is 17.2 Å². The molecule has 0 unspecified atom stereocenters. The third-order valence-corrected chi connectivity index (χ3v) is 4.79. The van der Waals surface area contributed by atoms with Crippen molar-refractivity contribution in [2.75, 3.05) is 11.9 Å². The van der Waals surface area contributed by atoms with Crippen molar-refractivity contribution in [3.8, 4) is 5.75 Å². The lowest BCUT2D eigenvalue weighted by Gasteiger charge is -2.34. The van der Waals surface area contributed by atoms with Gasteiger partial charge in [0.25, 0.3) is 0 Å². The molecule has 29 heavy (non-hydrogen) atoms. The summed E-state index contributed by atoms with van der Waals surface area (Å²) in [4.78, 5) is 14.7. The molecule has 8 heteroatoms. The molecule has 0 spiro atoms. The topological polar surface area (TPSA) is 29.5 Å². The Morgan fingerprint density at radius 1 is 0.966 bits per heavy atom. The van der Waals surface area contributed by atoms with Gasteiger partial charge in [-0.05, 0) is 24.1 Å². The minimum absolute atomic E-state index is 0.00163. The summed E-state index contributed by atoms with van der Waals surface area (Å²) in [5.41, 5.74) is 2.23. The molecule has 0 radical (unpaired) electrons. The number of likely N-dealkylation sites (N-methyl/N-ethyl adjacent to an activating group) is 1. The summed E-state index contributed by atoms with van der Waals surface area (Å²) in [6.07, 6.45) is 5.63. The largest absolute Gasteiger partial charge is 0.416 e. The molecule has 0 N–H and O–H groups in total. The summed E-state index contributed by atoms with van der Waals surface area (Å²) in [5.74, 6) is -14.0. The maximum atomic E-state index is 14.0. The highest BCUT2D eigenvalue weighted by Gasteiger charge is 2.34. The molecule has 2 aromatic rings. The number of halogens is 5. The predicted molar refractivity (Wildman–Crippen MR) is 95.5 cm³/mol. The highest BCUT2D eigenvalue weighted by Crippen LogP contribution is 2.43. The van der Waals surface area contributed by atoms with Crippen molar-refractivity contribution in [1.82, 2.24) is 0 Å². The number of fused-ring (bicyclic) bond motifs is 2. The molecule has 1 aliphatic heterocycles.